The van der Waals surface area contributed by atoms with Gasteiger partial charge in [0, 0.05) is 20.3 Å². The summed E-state index contributed by atoms with van der Waals surface area (Å²) >= 11 is 0. The van der Waals surface area contributed by atoms with Crippen LogP contribution < -0.4 is 10.6 Å². The molecule has 3 aliphatic rings. The zero-order chi connectivity index (χ0) is 42.4. The molecule has 0 saturated carbocycles. The van der Waals surface area contributed by atoms with E-state index >= 15 is 0 Å². The maximum Gasteiger partial charge on any atom is 0.364 e. The van der Waals surface area contributed by atoms with Gasteiger partial charge in [-0.15, -0.1) is 0 Å². The molecule has 3 aliphatic heterocycles. The summed E-state index contributed by atoms with van der Waals surface area (Å²) in [6.07, 6.45) is -35.3. The molecule has 0 aromatic rings. The molecule has 0 radical (unpaired) electrons. The lowest BCUT2D eigenvalue weighted by Gasteiger charge is -2.50. The summed E-state index contributed by atoms with van der Waals surface area (Å²) in [5.74, 6) is -6.92. The fourth-order valence-corrected chi connectivity index (χ4v) is 6.49. The van der Waals surface area contributed by atoms with Crippen LogP contribution in [0, 0.1) is 0 Å². The number of aliphatic hydroxyl groups is 12. The second-order valence-electron chi connectivity index (χ2n) is 13.7. The number of hydrogen-bond donors (Lipinski definition) is 15. The Morgan fingerprint density at radius 3 is 1.93 bits per heavy atom. The van der Waals surface area contributed by atoms with Crippen molar-refractivity contribution in [3.8, 4) is 0 Å². The van der Waals surface area contributed by atoms with Gasteiger partial charge < -0.3 is 110 Å². The molecule has 0 spiro atoms. The van der Waals surface area contributed by atoms with Gasteiger partial charge in [0.15, 0.2) is 12.6 Å². The van der Waals surface area contributed by atoms with Crippen LogP contribution in [-0.4, -0.2) is 232 Å². The van der Waals surface area contributed by atoms with Gasteiger partial charge in [-0.05, 0) is 6.92 Å². The van der Waals surface area contributed by atoms with Crippen molar-refractivity contribution in [3.05, 3.63) is 0 Å². The normalized spacial score (nSPS) is 39.7. The summed E-state index contributed by atoms with van der Waals surface area (Å²) in [7, 11) is 0. The third-order valence-corrected chi connectivity index (χ3v) is 9.49. The fourth-order valence-electron chi connectivity index (χ4n) is 6.49. The van der Waals surface area contributed by atoms with Crippen LogP contribution in [0.4, 0.5) is 0 Å². The fraction of sp³-hybridized carbons (Fsp3) is 0.871. The zero-order valence-electron chi connectivity index (χ0n) is 30.3. The quantitative estimate of drug-likeness (QED) is 0.0571. The van der Waals surface area contributed by atoms with Gasteiger partial charge in [0.2, 0.25) is 11.8 Å². The number of carbonyl (C=O) groups excluding carboxylic acids is 3. The van der Waals surface area contributed by atoms with Crippen molar-refractivity contribution >= 4 is 24.1 Å². The highest BCUT2D eigenvalue weighted by Crippen LogP contribution is 2.38. The van der Waals surface area contributed by atoms with Gasteiger partial charge in [0.1, 0.15) is 91.7 Å². The molecule has 3 rings (SSSR count). The first-order valence-electron chi connectivity index (χ1n) is 17.3. The standard InChI is InChI=1S/C31H52N2O23/c1-9-18(43)21(46)22(47)28(51-9)54-25(15(42)7-36)24(12(5-34)32-10(2)38)53-29-23(48)27(20(45)16(8-37)52-29)56-31(30(49)50)4-13(40)17(33-11(3)39)26(55-31)19(44)14(41)6-35/h5,9,12-29,35-37,40-48H,4,6-8H2,1-3H3,(H,32,38)(H,33,39)(H,49,50)/t9-,12-,13+,14+,15-,16+,17-,18-,19-,20+,21+,22+,23+,24-,25-,26-,27-,28+,29-,31+/m1/s1. The number of carboxylic acid groups (broad SMARTS) is 1. The Kier molecular flexibility index (Phi) is 17.4. The van der Waals surface area contributed by atoms with Crippen LogP contribution in [0.5, 0.6) is 0 Å². The number of rotatable bonds is 18. The van der Waals surface area contributed by atoms with Crippen molar-refractivity contribution in [3.63, 3.8) is 0 Å². The topological polar surface area (TPSA) is 411 Å². The molecule has 0 bridgehead atoms. The number of nitrogens with one attached hydrogen (secondary N) is 2. The summed E-state index contributed by atoms with van der Waals surface area (Å²) in [6.45, 7) is -0.160. The minimum Gasteiger partial charge on any atom is -0.477 e. The lowest BCUT2D eigenvalue weighted by Crippen LogP contribution is -2.70. The maximum absolute atomic E-state index is 12.8. The first-order valence-corrected chi connectivity index (χ1v) is 17.3. The van der Waals surface area contributed by atoms with E-state index in [2.05, 4.69) is 10.6 Å². The predicted octanol–water partition coefficient (Wildman–Crippen LogP) is -9.39. The monoisotopic (exact) mass is 820 g/mol. The Bertz CT molecular complexity index is 1320. The number of aliphatic hydroxyl groups excluding tert-OH is 12. The molecule has 25 heteroatoms. The largest absolute Gasteiger partial charge is 0.477 e. The van der Waals surface area contributed by atoms with Crippen molar-refractivity contribution in [2.75, 3.05) is 19.8 Å². The van der Waals surface area contributed by atoms with Crippen LogP contribution in [0.3, 0.4) is 0 Å². The van der Waals surface area contributed by atoms with Gasteiger partial charge in [-0.25, -0.2) is 4.79 Å². The number of ether oxygens (including phenoxy) is 6. The van der Waals surface area contributed by atoms with Crippen molar-refractivity contribution in [2.24, 2.45) is 0 Å². The molecule has 20 atom stereocenters. The second-order valence-corrected chi connectivity index (χ2v) is 13.7. The highest BCUT2D eigenvalue weighted by atomic mass is 16.8. The molecule has 0 aromatic heterocycles. The smallest absolute Gasteiger partial charge is 0.364 e. The van der Waals surface area contributed by atoms with Crippen LogP contribution in [0.1, 0.15) is 27.2 Å². The number of carbonyl (C=O) groups is 4. The molecular weight excluding hydrogens is 768 g/mol. The lowest BCUT2D eigenvalue weighted by molar-refractivity contribution is -0.379. The number of aldehydes is 1. The maximum atomic E-state index is 12.8. The molecule has 3 saturated heterocycles. The number of carboxylic acids is 1. The molecule has 0 unspecified atom stereocenters. The van der Waals surface area contributed by atoms with Crippen LogP contribution in [-0.2, 0) is 47.6 Å². The van der Waals surface area contributed by atoms with E-state index < -0.39 is 166 Å². The Morgan fingerprint density at radius 2 is 1.41 bits per heavy atom. The zero-order valence-corrected chi connectivity index (χ0v) is 30.3. The Morgan fingerprint density at radius 1 is 0.821 bits per heavy atom. The van der Waals surface area contributed by atoms with Crippen molar-refractivity contribution < 1.29 is 114 Å². The molecule has 0 aliphatic carbocycles. The van der Waals surface area contributed by atoms with Gasteiger partial charge in [0.05, 0.1) is 38.1 Å². The summed E-state index contributed by atoms with van der Waals surface area (Å²) in [5.41, 5.74) is 0. The minimum atomic E-state index is -3.17. The van der Waals surface area contributed by atoms with E-state index in [-0.39, 0.29) is 6.29 Å². The average Bonchev–Trinajstić information content (AvgIpc) is 3.15. The molecule has 0 aromatic carbocycles. The van der Waals surface area contributed by atoms with E-state index in [0.717, 1.165) is 13.8 Å². The summed E-state index contributed by atoms with van der Waals surface area (Å²) in [5, 5.41) is 141. The van der Waals surface area contributed by atoms with E-state index in [4.69, 9.17) is 28.4 Å². The van der Waals surface area contributed by atoms with Crippen molar-refractivity contribution in [1.29, 1.82) is 0 Å². The molecule has 3 heterocycles. The first kappa shape index (κ1) is 47.7. The van der Waals surface area contributed by atoms with Crippen molar-refractivity contribution in [2.45, 2.75) is 149 Å². The van der Waals surface area contributed by atoms with E-state index in [0.29, 0.717) is 0 Å². The molecule has 25 nitrogen and oxygen atoms in total. The Balaban J connectivity index is 2.07. The third-order valence-electron chi connectivity index (χ3n) is 9.49. The van der Waals surface area contributed by atoms with Crippen LogP contribution >= 0.6 is 0 Å². The Hall–Kier alpha value is -2.64. The minimum absolute atomic E-state index is 0.0574. The van der Waals surface area contributed by atoms with E-state index in [1.807, 2.05) is 0 Å². The summed E-state index contributed by atoms with van der Waals surface area (Å²) in [4.78, 5) is 49.2. The second kappa shape index (κ2) is 20.4. The van der Waals surface area contributed by atoms with Crippen LogP contribution in [0.15, 0.2) is 0 Å². The summed E-state index contributed by atoms with van der Waals surface area (Å²) < 4.78 is 33.6. The molecule has 15 N–H and O–H groups in total. The van der Waals surface area contributed by atoms with Gasteiger partial charge in [0.25, 0.3) is 5.79 Å². The molecule has 2 amide bonds. The third kappa shape index (κ3) is 10.7. The predicted molar refractivity (Wildman–Crippen MR) is 174 cm³/mol. The first-order chi connectivity index (χ1) is 26.2. The molecular formula is C31H52N2O23. The van der Waals surface area contributed by atoms with Gasteiger partial charge in [-0.1, -0.05) is 0 Å². The number of aliphatic carboxylic acids is 1. The lowest BCUT2D eigenvalue weighted by atomic mass is 9.88. The molecule has 324 valence electrons. The average molecular weight is 821 g/mol. The number of amides is 2. The van der Waals surface area contributed by atoms with E-state index in [9.17, 15) is 85.6 Å². The van der Waals surface area contributed by atoms with Gasteiger partial charge >= 0.3 is 5.97 Å². The number of hydrogen-bond acceptors (Lipinski definition) is 22. The van der Waals surface area contributed by atoms with Gasteiger partial charge in [-0.3, -0.25) is 9.59 Å². The van der Waals surface area contributed by atoms with Crippen molar-refractivity contribution in [1.82, 2.24) is 10.6 Å². The van der Waals surface area contributed by atoms with Crippen LogP contribution in [0.2, 0.25) is 0 Å². The molecule has 56 heavy (non-hydrogen) atoms. The SMILES string of the molecule is CC(=O)N[C@H]1[C@H]([C@H](O)[C@@H](O)CO)O[C@@](O[C@H]2[C@H](O)[C@@H](O[C@@H]([C@H](O[C@@H]3O[C@H](C)[C@@H](O)[C@H](O)[C@@H]3O)[C@H](O)CO)[C@@H](C=O)NC(C)=O)O[C@@H](CO)[C@@H]2O)(C(=O)O)C[C@@H]1O. The van der Waals surface area contributed by atoms with E-state index in [1.54, 1.807) is 0 Å². The van der Waals surface area contributed by atoms with Gasteiger partial charge in [-0.2, -0.15) is 0 Å². The van der Waals surface area contributed by atoms with Crippen LogP contribution in [0.25, 0.3) is 0 Å². The molecule has 3 fully saturated rings. The summed E-state index contributed by atoms with van der Waals surface area (Å²) in [6, 6.07) is -3.52. The Labute approximate surface area is 317 Å². The highest BCUT2D eigenvalue weighted by molar-refractivity contribution is 5.78. The van der Waals surface area contributed by atoms with E-state index in [1.165, 1.54) is 6.92 Å². The highest BCUT2D eigenvalue weighted by Gasteiger charge is 2.60.